The van der Waals surface area contributed by atoms with Crippen molar-refractivity contribution in [2.45, 2.75) is 50.4 Å². The van der Waals surface area contributed by atoms with Gasteiger partial charge in [-0.2, -0.15) is 18.3 Å². The summed E-state index contributed by atoms with van der Waals surface area (Å²) in [5.41, 5.74) is -0.664. The van der Waals surface area contributed by atoms with Gasteiger partial charge in [-0.3, -0.25) is 14.3 Å². The highest BCUT2D eigenvalue weighted by molar-refractivity contribution is 9.10. The van der Waals surface area contributed by atoms with E-state index in [4.69, 9.17) is 4.84 Å². The fourth-order valence-corrected chi connectivity index (χ4v) is 6.21. The lowest BCUT2D eigenvalue weighted by atomic mass is 9.97. The van der Waals surface area contributed by atoms with E-state index in [1.165, 1.54) is 27.1 Å². The predicted molar refractivity (Wildman–Crippen MR) is 137 cm³/mol. The molecule has 0 aromatic carbocycles. The van der Waals surface area contributed by atoms with Gasteiger partial charge in [-0.1, -0.05) is 5.16 Å². The summed E-state index contributed by atoms with van der Waals surface area (Å²) in [5, 5.41) is 10.5. The summed E-state index contributed by atoms with van der Waals surface area (Å²) < 4.78 is 67.9. The second-order valence-electron chi connectivity index (χ2n) is 9.51. The topological polar surface area (TPSA) is 94.6 Å². The van der Waals surface area contributed by atoms with Crippen molar-refractivity contribution in [1.82, 2.24) is 24.2 Å². The Bertz CT molecular complexity index is 1510. The number of aryl methyl sites for hydroxylation is 1. The van der Waals surface area contributed by atoms with Crippen LogP contribution >= 0.6 is 27.3 Å². The van der Waals surface area contributed by atoms with Gasteiger partial charge in [0.05, 0.1) is 20.7 Å². The Morgan fingerprint density at radius 2 is 1.98 bits per heavy atom. The lowest BCUT2D eigenvalue weighted by molar-refractivity contribution is -0.139. The van der Waals surface area contributed by atoms with Crippen molar-refractivity contribution in [3.05, 3.63) is 66.2 Å². The van der Waals surface area contributed by atoms with Crippen LogP contribution in [0.1, 0.15) is 65.2 Å². The van der Waals surface area contributed by atoms with E-state index < -0.39 is 42.3 Å². The van der Waals surface area contributed by atoms with Crippen LogP contribution in [0.2, 0.25) is 0 Å². The third kappa shape index (κ3) is 5.82. The number of hydrogen-bond acceptors (Lipinski definition) is 7. The summed E-state index contributed by atoms with van der Waals surface area (Å²) in [6.45, 7) is 0.215. The highest BCUT2D eigenvalue weighted by Crippen LogP contribution is 2.36. The van der Waals surface area contributed by atoms with Gasteiger partial charge in [0.1, 0.15) is 18.0 Å². The molecule has 0 bridgehead atoms. The van der Waals surface area contributed by atoms with Crippen molar-refractivity contribution in [2.24, 2.45) is 12.2 Å². The van der Waals surface area contributed by atoms with Crippen LogP contribution in [0, 0.1) is 0 Å². The van der Waals surface area contributed by atoms with E-state index in [1.807, 2.05) is 5.38 Å². The van der Waals surface area contributed by atoms with Crippen molar-refractivity contribution < 1.29 is 31.6 Å². The highest BCUT2D eigenvalue weighted by atomic mass is 79.9. The second-order valence-corrected chi connectivity index (χ2v) is 11.3. The largest absolute Gasteiger partial charge is 0.417 e. The number of carbonyl (C=O) groups excluding carboxylic acids is 1. The molecule has 2 aliphatic heterocycles. The maximum atomic E-state index is 13.3. The first-order valence-corrected chi connectivity index (χ1v) is 13.8. The monoisotopic (exact) mass is 648 g/mol. The number of thiazole rings is 1. The van der Waals surface area contributed by atoms with Crippen molar-refractivity contribution >= 4 is 38.9 Å². The van der Waals surface area contributed by atoms with Crippen LogP contribution in [0.5, 0.6) is 0 Å². The molecule has 1 unspecified atom stereocenters. The number of hydrogen-bond donors (Lipinski definition) is 0. The SMILES string of the molecule is Cn1cc(C2CC(c3csc(C4CCN(C(=O)Cn5cc(C(F)(F)F)cc(Br)c5=O)CC4)n3)=NO2)c(C(F)F)n1. The maximum absolute atomic E-state index is 13.3. The highest BCUT2D eigenvalue weighted by Gasteiger charge is 2.34. The Hall–Kier alpha value is -3.14. The zero-order chi connectivity index (χ0) is 28.8. The van der Waals surface area contributed by atoms with Crippen LogP contribution in [-0.2, 0) is 29.4 Å². The van der Waals surface area contributed by atoms with Gasteiger partial charge in [0.25, 0.3) is 12.0 Å². The van der Waals surface area contributed by atoms with Crippen molar-refractivity contribution in [3.63, 3.8) is 0 Å². The minimum Gasteiger partial charge on any atom is -0.387 e. The first-order valence-electron chi connectivity index (χ1n) is 12.2. The molecule has 16 heteroatoms. The Morgan fingerprint density at radius 1 is 1.25 bits per heavy atom. The zero-order valence-corrected chi connectivity index (χ0v) is 23.3. The molecule has 214 valence electrons. The molecule has 5 rings (SSSR count). The van der Waals surface area contributed by atoms with E-state index in [9.17, 15) is 31.5 Å². The quantitative estimate of drug-likeness (QED) is 0.350. The van der Waals surface area contributed by atoms with E-state index in [-0.39, 0.29) is 28.1 Å². The normalized spacial score (nSPS) is 18.4. The number of aromatic nitrogens is 4. The van der Waals surface area contributed by atoms with Crippen LogP contribution in [0.4, 0.5) is 22.0 Å². The van der Waals surface area contributed by atoms with Gasteiger partial charge in [0.15, 0.2) is 6.10 Å². The predicted octanol–water partition coefficient (Wildman–Crippen LogP) is 5.03. The number of piperidine rings is 1. The molecule has 9 nitrogen and oxygen atoms in total. The number of pyridine rings is 1. The van der Waals surface area contributed by atoms with Crippen molar-refractivity contribution in [1.29, 1.82) is 0 Å². The molecule has 3 aromatic heterocycles. The minimum atomic E-state index is -4.66. The van der Waals surface area contributed by atoms with Gasteiger partial charge in [0.2, 0.25) is 5.91 Å². The van der Waals surface area contributed by atoms with Gasteiger partial charge in [-0.15, -0.1) is 11.3 Å². The number of rotatable bonds is 6. The molecule has 1 amide bonds. The molecule has 1 saturated heterocycles. The number of amides is 1. The number of oxime groups is 1. The number of alkyl halides is 5. The molecule has 1 atom stereocenters. The third-order valence-corrected chi connectivity index (χ3v) is 8.37. The molecule has 0 aliphatic carbocycles. The summed E-state index contributed by atoms with van der Waals surface area (Å²) >= 11 is 4.27. The van der Waals surface area contributed by atoms with Crippen molar-refractivity contribution in [3.8, 4) is 0 Å². The first-order chi connectivity index (χ1) is 18.9. The van der Waals surface area contributed by atoms with Crippen LogP contribution in [0.3, 0.4) is 0 Å². The lowest BCUT2D eigenvalue weighted by Gasteiger charge is -2.31. The van der Waals surface area contributed by atoms with E-state index in [0.717, 1.165) is 9.57 Å². The average molecular weight is 649 g/mol. The van der Waals surface area contributed by atoms with Crippen LogP contribution in [0.15, 0.2) is 38.3 Å². The fraction of sp³-hybridized carbons (Fsp3) is 0.458. The summed E-state index contributed by atoms with van der Waals surface area (Å²) in [6.07, 6.45) is -4.50. The number of halogens is 6. The molecule has 0 N–H and O–H groups in total. The number of likely N-dealkylation sites (tertiary alicyclic amines) is 1. The molecule has 40 heavy (non-hydrogen) atoms. The third-order valence-electron chi connectivity index (χ3n) is 6.80. The lowest BCUT2D eigenvalue weighted by Crippen LogP contribution is -2.41. The molecule has 0 radical (unpaired) electrons. The minimum absolute atomic E-state index is 0.0516. The fourth-order valence-electron chi connectivity index (χ4n) is 4.74. The van der Waals surface area contributed by atoms with E-state index in [0.29, 0.717) is 49.6 Å². The van der Waals surface area contributed by atoms with Crippen LogP contribution in [0.25, 0.3) is 0 Å². The molecule has 1 fully saturated rings. The van der Waals surface area contributed by atoms with Crippen LogP contribution < -0.4 is 5.56 Å². The summed E-state index contributed by atoms with van der Waals surface area (Å²) in [6, 6.07) is 0.694. The Labute approximate surface area is 236 Å². The number of nitrogens with zero attached hydrogens (tertiary/aromatic N) is 6. The first kappa shape index (κ1) is 28.4. The second kappa shape index (κ2) is 11.0. The Morgan fingerprint density at radius 3 is 2.65 bits per heavy atom. The van der Waals surface area contributed by atoms with E-state index in [2.05, 4.69) is 31.2 Å². The molecular weight excluding hydrogens is 627 g/mol. The average Bonchev–Trinajstić information content (AvgIpc) is 3.65. The van der Waals surface area contributed by atoms with Gasteiger partial charge in [0, 0.05) is 55.8 Å². The van der Waals surface area contributed by atoms with Crippen molar-refractivity contribution in [2.75, 3.05) is 13.1 Å². The molecule has 3 aromatic rings. The van der Waals surface area contributed by atoms with E-state index in [1.54, 1.807) is 7.05 Å². The molecule has 0 spiro atoms. The number of carbonyl (C=O) groups is 1. The summed E-state index contributed by atoms with van der Waals surface area (Å²) in [5.74, 6) is -0.399. The van der Waals surface area contributed by atoms with Gasteiger partial charge in [-0.05, 0) is 34.8 Å². The maximum Gasteiger partial charge on any atom is 0.417 e. The summed E-state index contributed by atoms with van der Waals surface area (Å²) in [4.78, 5) is 36.7. The molecular formula is C24H22BrF5N6O3S. The molecule has 2 aliphatic rings. The van der Waals surface area contributed by atoms with Gasteiger partial charge < -0.3 is 14.3 Å². The zero-order valence-electron chi connectivity index (χ0n) is 20.9. The smallest absolute Gasteiger partial charge is 0.387 e. The standard InChI is InChI=1S/C24H22BrF5N6O3S/c1-34-9-14(20(32-34)21(26)27)18-7-16(33-39-18)17-11-40-22(31-17)12-2-4-35(5-3-12)19(37)10-36-8-13(24(28,29)30)6-15(25)23(36)38/h6,8-9,11-12,18,21H,2-5,7,10H2,1H3. The summed E-state index contributed by atoms with van der Waals surface area (Å²) in [7, 11) is 1.56. The van der Waals surface area contributed by atoms with E-state index >= 15 is 0 Å². The van der Waals surface area contributed by atoms with Gasteiger partial charge >= 0.3 is 6.18 Å². The van der Waals surface area contributed by atoms with Gasteiger partial charge in [-0.25, -0.2) is 13.8 Å². The van der Waals surface area contributed by atoms with Crippen LogP contribution in [-0.4, -0.2) is 48.9 Å². The Balaban J connectivity index is 1.19. The molecule has 0 saturated carbocycles. The molecule has 5 heterocycles. The Kier molecular flexibility index (Phi) is 7.83.